The van der Waals surface area contributed by atoms with Crippen molar-refractivity contribution in [3.63, 3.8) is 0 Å². The highest BCUT2D eigenvalue weighted by atomic mass is 32.2. The van der Waals surface area contributed by atoms with E-state index in [9.17, 15) is 13.2 Å². The number of anilines is 2. The van der Waals surface area contributed by atoms with E-state index in [0.29, 0.717) is 11.4 Å². The molecule has 0 bridgehead atoms. The lowest BCUT2D eigenvalue weighted by atomic mass is 10.2. The number of carbonyl (C=O) groups excluding carboxylic acids is 1. The van der Waals surface area contributed by atoms with Gasteiger partial charge in [-0.05, 0) is 38.1 Å². The fourth-order valence-corrected chi connectivity index (χ4v) is 1.86. The van der Waals surface area contributed by atoms with Gasteiger partial charge in [-0.25, -0.2) is 8.42 Å². The number of rotatable bonds is 6. The molecule has 19 heavy (non-hydrogen) atoms. The molecule has 1 aromatic carbocycles. The van der Waals surface area contributed by atoms with Crippen LogP contribution in [0.2, 0.25) is 0 Å². The van der Waals surface area contributed by atoms with Crippen LogP contribution in [0.25, 0.3) is 0 Å². The van der Waals surface area contributed by atoms with Crippen LogP contribution < -0.4 is 10.0 Å². The molecule has 0 fully saturated rings. The molecule has 0 saturated carbocycles. The van der Waals surface area contributed by atoms with Crippen LogP contribution in [0.15, 0.2) is 24.3 Å². The summed E-state index contributed by atoms with van der Waals surface area (Å²) < 4.78 is 30.0. The van der Waals surface area contributed by atoms with Crippen LogP contribution in [0.5, 0.6) is 0 Å². The second-order valence-electron chi connectivity index (χ2n) is 3.95. The number of carbonyl (C=O) groups is 1. The average molecular weight is 286 g/mol. The van der Waals surface area contributed by atoms with E-state index in [1.807, 2.05) is 0 Å². The number of hydrogen-bond acceptors (Lipinski definition) is 4. The highest BCUT2D eigenvalue weighted by molar-refractivity contribution is 7.92. The second kappa shape index (κ2) is 6.53. The Morgan fingerprint density at radius 1 is 1.26 bits per heavy atom. The van der Waals surface area contributed by atoms with Crippen molar-refractivity contribution >= 4 is 27.3 Å². The molecule has 0 saturated heterocycles. The number of methoxy groups -OCH3 is 1. The van der Waals surface area contributed by atoms with E-state index in [4.69, 9.17) is 4.74 Å². The zero-order valence-electron chi connectivity index (χ0n) is 11.1. The summed E-state index contributed by atoms with van der Waals surface area (Å²) in [6.07, 6.45) is -0.543. The topological polar surface area (TPSA) is 84.5 Å². The molecule has 0 aliphatic carbocycles. The van der Waals surface area contributed by atoms with Crippen molar-refractivity contribution in [3.8, 4) is 0 Å². The largest absolute Gasteiger partial charge is 0.372 e. The van der Waals surface area contributed by atoms with Crippen LogP contribution in [0.4, 0.5) is 11.4 Å². The predicted molar refractivity (Wildman–Crippen MR) is 74.6 cm³/mol. The SMILES string of the molecule is CCS(=O)(=O)Nc1ccc(NC(=O)C(C)OC)cc1. The summed E-state index contributed by atoms with van der Waals surface area (Å²) in [6.45, 7) is 3.20. The highest BCUT2D eigenvalue weighted by Crippen LogP contribution is 2.15. The van der Waals surface area contributed by atoms with Crippen molar-refractivity contribution in [3.05, 3.63) is 24.3 Å². The fourth-order valence-electron chi connectivity index (χ4n) is 1.22. The molecule has 2 N–H and O–H groups in total. The molecule has 1 unspecified atom stereocenters. The summed E-state index contributed by atoms with van der Waals surface area (Å²) in [4.78, 5) is 11.6. The maximum atomic E-state index is 11.6. The Morgan fingerprint density at radius 3 is 2.26 bits per heavy atom. The van der Waals surface area contributed by atoms with Gasteiger partial charge in [0.25, 0.3) is 5.91 Å². The summed E-state index contributed by atoms with van der Waals surface area (Å²) >= 11 is 0. The molecule has 1 rings (SSSR count). The quantitative estimate of drug-likeness (QED) is 0.828. The lowest BCUT2D eigenvalue weighted by Crippen LogP contribution is -2.26. The Hall–Kier alpha value is -1.60. The molecule has 0 radical (unpaired) electrons. The van der Waals surface area contributed by atoms with Gasteiger partial charge in [-0.2, -0.15) is 0 Å². The summed E-state index contributed by atoms with van der Waals surface area (Å²) in [6, 6.07) is 6.40. The molecular formula is C12H18N2O4S. The molecule has 6 nitrogen and oxygen atoms in total. The molecule has 106 valence electrons. The maximum absolute atomic E-state index is 11.6. The van der Waals surface area contributed by atoms with Crippen molar-refractivity contribution in [1.29, 1.82) is 0 Å². The van der Waals surface area contributed by atoms with E-state index in [0.717, 1.165) is 0 Å². The van der Waals surface area contributed by atoms with Gasteiger partial charge in [-0.3, -0.25) is 9.52 Å². The molecule has 1 atom stereocenters. The lowest BCUT2D eigenvalue weighted by molar-refractivity contribution is -0.124. The maximum Gasteiger partial charge on any atom is 0.253 e. The van der Waals surface area contributed by atoms with Crippen LogP contribution in [-0.4, -0.2) is 33.3 Å². The van der Waals surface area contributed by atoms with Gasteiger partial charge in [0.1, 0.15) is 6.10 Å². The Balaban J connectivity index is 2.69. The van der Waals surface area contributed by atoms with E-state index < -0.39 is 16.1 Å². The summed E-state index contributed by atoms with van der Waals surface area (Å²) in [5.41, 5.74) is 1.04. The Labute approximate surface area is 113 Å². The second-order valence-corrected chi connectivity index (χ2v) is 5.96. The van der Waals surface area contributed by atoms with Crippen molar-refractivity contribution in [2.24, 2.45) is 0 Å². The Kier molecular flexibility index (Phi) is 5.31. The van der Waals surface area contributed by atoms with Crippen LogP contribution in [0.3, 0.4) is 0 Å². The zero-order valence-corrected chi connectivity index (χ0v) is 12.0. The van der Waals surface area contributed by atoms with Gasteiger partial charge in [0.2, 0.25) is 10.0 Å². The van der Waals surface area contributed by atoms with Gasteiger partial charge in [-0.1, -0.05) is 0 Å². The first-order valence-corrected chi connectivity index (χ1v) is 7.47. The minimum absolute atomic E-state index is 0.0108. The van der Waals surface area contributed by atoms with Gasteiger partial charge in [0, 0.05) is 18.5 Å². The normalized spacial score (nSPS) is 12.8. The molecule has 0 aromatic heterocycles. The fraction of sp³-hybridized carbons (Fsp3) is 0.417. The number of nitrogens with one attached hydrogen (secondary N) is 2. The minimum atomic E-state index is -3.28. The Bertz CT molecular complexity index is 525. The van der Waals surface area contributed by atoms with Crippen molar-refractivity contribution in [1.82, 2.24) is 0 Å². The lowest BCUT2D eigenvalue weighted by Gasteiger charge is -2.11. The summed E-state index contributed by atoms with van der Waals surface area (Å²) in [5, 5.41) is 2.66. The van der Waals surface area contributed by atoms with Gasteiger partial charge in [0.15, 0.2) is 0 Å². The highest BCUT2D eigenvalue weighted by Gasteiger charge is 2.11. The third kappa shape index (κ3) is 4.88. The molecule has 0 spiro atoms. The van der Waals surface area contributed by atoms with Gasteiger partial charge in [-0.15, -0.1) is 0 Å². The molecule has 0 heterocycles. The first kappa shape index (κ1) is 15.5. The van der Waals surface area contributed by atoms with Gasteiger partial charge >= 0.3 is 0 Å². The predicted octanol–water partition coefficient (Wildman–Crippen LogP) is 1.42. The van der Waals surface area contributed by atoms with Crippen molar-refractivity contribution in [2.75, 3.05) is 22.9 Å². The van der Waals surface area contributed by atoms with E-state index >= 15 is 0 Å². The molecule has 1 amide bonds. The standard InChI is InChI=1S/C12H18N2O4S/c1-4-19(16,17)14-11-7-5-10(6-8-11)13-12(15)9(2)18-3/h5-9,14H,4H2,1-3H3,(H,13,15). The van der Waals surface area contributed by atoms with Crippen LogP contribution in [0.1, 0.15) is 13.8 Å². The van der Waals surface area contributed by atoms with Crippen LogP contribution in [0, 0.1) is 0 Å². The first-order valence-electron chi connectivity index (χ1n) is 5.82. The number of hydrogen-bond donors (Lipinski definition) is 2. The van der Waals surface area contributed by atoms with Crippen LogP contribution in [-0.2, 0) is 19.6 Å². The number of ether oxygens (including phenoxy) is 1. The van der Waals surface area contributed by atoms with E-state index in [1.54, 1.807) is 38.1 Å². The smallest absolute Gasteiger partial charge is 0.253 e. The molecule has 7 heteroatoms. The number of sulfonamides is 1. The third-order valence-electron chi connectivity index (χ3n) is 2.53. The zero-order chi connectivity index (χ0) is 14.5. The summed E-state index contributed by atoms with van der Waals surface area (Å²) in [5.74, 6) is -0.249. The summed E-state index contributed by atoms with van der Waals surface area (Å²) in [7, 11) is -1.83. The average Bonchev–Trinajstić information content (AvgIpc) is 2.39. The van der Waals surface area contributed by atoms with Crippen molar-refractivity contribution in [2.45, 2.75) is 20.0 Å². The van der Waals surface area contributed by atoms with Gasteiger partial charge in [0.05, 0.1) is 5.75 Å². The number of amides is 1. The van der Waals surface area contributed by atoms with E-state index in [2.05, 4.69) is 10.0 Å². The van der Waals surface area contributed by atoms with E-state index in [1.165, 1.54) is 7.11 Å². The first-order chi connectivity index (χ1) is 8.88. The molecular weight excluding hydrogens is 268 g/mol. The van der Waals surface area contributed by atoms with Gasteiger partial charge < -0.3 is 10.1 Å². The molecule has 0 aliphatic heterocycles. The monoisotopic (exact) mass is 286 g/mol. The number of benzene rings is 1. The van der Waals surface area contributed by atoms with Crippen LogP contribution >= 0.6 is 0 Å². The minimum Gasteiger partial charge on any atom is -0.372 e. The van der Waals surface area contributed by atoms with E-state index in [-0.39, 0.29) is 11.7 Å². The molecule has 0 aliphatic rings. The van der Waals surface area contributed by atoms with Crippen molar-refractivity contribution < 1.29 is 17.9 Å². The molecule has 1 aromatic rings. The Morgan fingerprint density at radius 2 is 1.79 bits per heavy atom. The third-order valence-corrected chi connectivity index (χ3v) is 3.84.